The molecule has 0 saturated carbocycles. The summed E-state index contributed by atoms with van der Waals surface area (Å²) in [5.74, 6) is 2.18. The van der Waals surface area contributed by atoms with Gasteiger partial charge in [0.2, 0.25) is 10.0 Å². The second kappa shape index (κ2) is 24.8. The van der Waals surface area contributed by atoms with Crippen LogP contribution in [0.3, 0.4) is 0 Å². The lowest BCUT2D eigenvalue weighted by Crippen LogP contribution is -2.44. The summed E-state index contributed by atoms with van der Waals surface area (Å²) in [5.41, 5.74) is 5.49. The number of allylic oxidation sites excluding steroid dienone is 2. The topological polar surface area (TPSA) is 182 Å². The molecule has 5 aromatic carbocycles. The van der Waals surface area contributed by atoms with Crippen molar-refractivity contribution in [2.75, 3.05) is 13.1 Å². The van der Waals surface area contributed by atoms with Crippen molar-refractivity contribution < 1.29 is 26.7 Å². The summed E-state index contributed by atoms with van der Waals surface area (Å²) in [6.45, 7) is 24.9. The number of benzene rings is 5. The van der Waals surface area contributed by atoms with E-state index in [4.69, 9.17) is 0 Å². The second-order valence-electron chi connectivity index (χ2n) is 17.9. The van der Waals surface area contributed by atoms with Gasteiger partial charge >= 0.3 is 0 Å². The van der Waals surface area contributed by atoms with Crippen LogP contribution in [0.25, 0.3) is 0 Å². The van der Waals surface area contributed by atoms with E-state index in [9.17, 15) is 37.1 Å². The fourth-order valence-corrected chi connectivity index (χ4v) is 10.4. The Morgan fingerprint density at radius 2 is 1.10 bits per heavy atom. The summed E-state index contributed by atoms with van der Waals surface area (Å²) < 4.78 is 56.2. The molecule has 0 aromatic heterocycles. The molecule has 2 heterocycles. The molecular weight excluding hydrogens is 899 g/mol. The molecule has 362 valence electrons. The Hall–Kier alpha value is -6.13. The molecule has 0 radical (unpaired) electrons. The largest absolute Gasteiger partial charge is 0.310 e. The summed E-state index contributed by atoms with van der Waals surface area (Å²) >= 11 is 0. The van der Waals surface area contributed by atoms with Crippen molar-refractivity contribution in [2.24, 2.45) is 28.1 Å². The van der Waals surface area contributed by atoms with Crippen LogP contribution >= 0.6 is 0 Å². The highest BCUT2D eigenvalue weighted by atomic mass is 32.2. The highest BCUT2D eigenvalue weighted by Crippen LogP contribution is 2.42. The molecule has 2 fully saturated rings. The number of nitro groups is 2. The van der Waals surface area contributed by atoms with Crippen LogP contribution in [0.1, 0.15) is 94.3 Å². The third-order valence-electron chi connectivity index (χ3n) is 12.4. The molecule has 68 heavy (non-hydrogen) atoms. The Morgan fingerprint density at radius 3 is 1.59 bits per heavy atom. The van der Waals surface area contributed by atoms with Crippen molar-refractivity contribution in [1.29, 1.82) is 0 Å². The van der Waals surface area contributed by atoms with Crippen LogP contribution in [0, 0.1) is 57.7 Å². The van der Waals surface area contributed by atoms with Crippen LogP contribution in [0.2, 0.25) is 0 Å². The smallest absolute Gasteiger partial charge is 0.290 e. The van der Waals surface area contributed by atoms with Crippen molar-refractivity contribution >= 4 is 37.6 Å². The Labute approximate surface area is 403 Å². The van der Waals surface area contributed by atoms with Gasteiger partial charge in [0.1, 0.15) is 0 Å². The van der Waals surface area contributed by atoms with Gasteiger partial charge < -0.3 is 5.32 Å². The number of sulfonamides is 2. The van der Waals surface area contributed by atoms with E-state index in [1.54, 1.807) is 50.2 Å². The second-order valence-corrected chi connectivity index (χ2v) is 21.4. The van der Waals surface area contributed by atoms with Crippen LogP contribution in [-0.2, 0) is 20.0 Å². The minimum atomic E-state index is -4.12. The normalized spacial score (nSPS) is 20.5. The predicted molar refractivity (Wildman–Crippen MR) is 273 cm³/mol. The molecule has 13 nitrogen and oxygen atoms in total. The molecule has 0 bridgehead atoms. The minimum Gasteiger partial charge on any atom is -0.310 e. The number of hydrogen-bond acceptors (Lipinski definition) is 9. The quantitative estimate of drug-likeness (QED) is 0.0616. The van der Waals surface area contributed by atoms with Gasteiger partial charge in [-0.25, -0.2) is 8.42 Å². The van der Waals surface area contributed by atoms with E-state index in [0.717, 1.165) is 35.1 Å². The summed E-state index contributed by atoms with van der Waals surface area (Å²) in [6, 6.07) is 37.3. The molecule has 1 N–H and O–H groups in total. The van der Waals surface area contributed by atoms with Gasteiger partial charge in [-0.3, -0.25) is 20.2 Å². The van der Waals surface area contributed by atoms with Crippen molar-refractivity contribution in [3.05, 3.63) is 200 Å². The van der Waals surface area contributed by atoms with Crippen LogP contribution in [0.4, 0.5) is 11.4 Å². The summed E-state index contributed by atoms with van der Waals surface area (Å²) in [6.07, 6.45) is 3.12. The summed E-state index contributed by atoms with van der Waals surface area (Å²) in [4.78, 5) is 20.5. The highest BCUT2D eigenvalue weighted by Gasteiger charge is 2.42. The number of aryl methyl sites for hydroxylation is 2. The Bertz CT molecular complexity index is 2760. The first-order valence-electron chi connectivity index (χ1n) is 22.5. The maximum absolute atomic E-state index is 13.5. The lowest BCUT2D eigenvalue weighted by Gasteiger charge is -2.41. The van der Waals surface area contributed by atoms with Crippen molar-refractivity contribution in [3.8, 4) is 0 Å². The first-order chi connectivity index (χ1) is 32.0. The molecule has 7 rings (SSSR count). The van der Waals surface area contributed by atoms with E-state index in [1.807, 2.05) is 51.1 Å². The zero-order valence-electron chi connectivity index (χ0n) is 40.3. The van der Waals surface area contributed by atoms with Gasteiger partial charge in [-0.15, -0.1) is 0 Å². The molecule has 0 aliphatic carbocycles. The SMILES string of the molecule is C=C(C)C(=C)C.CC1CNC(c2ccccc2)CC1C.Cc1ccc(S(=O)(=O)N2CC(C)C(C)CC2c2ccccc2)c([N+](=O)[O-])c1.Cc1ccc(S(=O)(=O)N=Cc2ccccc2)c([N+](=O)[O-])c1. The fourth-order valence-electron chi connectivity index (χ4n) is 7.52. The maximum atomic E-state index is 13.5. The summed E-state index contributed by atoms with van der Waals surface area (Å²) in [7, 11) is -8.14. The molecule has 6 unspecified atom stereocenters. The fraction of sp³-hybridized carbons (Fsp3) is 0.340. The van der Waals surface area contributed by atoms with E-state index >= 15 is 0 Å². The van der Waals surface area contributed by atoms with Crippen LogP contribution in [-0.4, -0.2) is 50.3 Å². The number of piperidine rings is 2. The highest BCUT2D eigenvalue weighted by molar-refractivity contribution is 7.90. The van der Waals surface area contributed by atoms with Crippen LogP contribution in [0.5, 0.6) is 0 Å². The lowest BCUT2D eigenvalue weighted by atomic mass is 9.83. The Balaban J connectivity index is 0.000000218. The van der Waals surface area contributed by atoms with E-state index < -0.39 is 40.5 Å². The molecule has 2 aliphatic rings. The molecule has 0 amide bonds. The van der Waals surface area contributed by atoms with Crippen LogP contribution in [0.15, 0.2) is 166 Å². The average molecular weight is 964 g/mol. The minimum absolute atomic E-state index is 0.171. The van der Waals surface area contributed by atoms with E-state index in [0.29, 0.717) is 41.6 Å². The van der Waals surface area contributed by atoms with Crippen molar-refractivity contribution in [2.45, 2.75) is 90.1 Å². The van der Waals surface area contributed by atoms with Gasteiger partial charge in [0, 0.05) is 30.9 Å². The van der Waals surface area contributed by atoms with Gasteiger partial charge in [-0.05, 0) is 111 Å². The zero-order valence-corrected chi connectivity index (χ0v) is 41.9. The molecule has 6 atom stereocenters. The van der Waals surface area contributed by atoms with Crippen molar-refractivity contribution in [3.63, 3.8) is 0 Å². The van der Waals surface area contributed by atoms with Crippen LogP contribution < -0.4 is 5.32 Å². The lowest BCUT2D eigenvalue weighted by molar-refractivity contribution is -0.388. The molecule has 5 aromatic rings. The van der Waals surface area contributed by atoms with Gasteiger partial charge in [0.15, 0.2) is 9.79 Å². The molecule has 0 spiro atoms. The summed E-state index contributed by atoms with van der Waals surface area (Å²) in [5, 5.41) is 26.1. The number of nitro benzene ring substituents is 2. The predicted octanol–water partition coefficient (Wildman–Crippen LogP) is 12.2. The maximum Gasteiger partial charge on any atom is 0.290 e. The van der Waals surface area contributed by atoms with Crippen molar-refractivity contribution in [1.82, 2.24) is 9.62 Å². The number of nitrogens with one attached hydrogen (secondary N) is 1. The molecule has 2 saturated heterocycles. The average Bonchev–Trinajstić information content (AvgIpc) is 3.31. The van der Waals surface area contributed by atoms with Gasteiger partial charge in [0.25, 0.3) is 21.4 Å². The number of rotatable bonds is 10. The van der Waals surface area contributed by atoms with Gasteiger partial charge in [-0.1, -0.05) is 155 Å². The van der Waals surface area contributed by atoms with Gasteiger partial charge in [0.05, 0.1) is 15.9 Å². The van der Waals surface area contributed by atoms with E-state index in [1.165, 1.54) is 52.8 Å². The van der Waals surface area contributed by atoms with E-state index in [-0.39, 0.29) is 22.5 Å². The van der Waals surface area contributed by atoms with Gasteiger partial charge in [-0.2, -0.15) is 17.1 Å². The monoisotopic (exact) mass is 963 g/mol. The zero-order chi connectivity index (χ0) is 50.3. The molecule has 15 heteroatoms. The Kier molecular flexibility index (Phi) is 19.8. The first-order valence-corrected chi connectivity index (χ1v) is 25.4. The number of hydrogen-bond donors (Lipinski definition) is 1. The standard InChI is InChI=1S/C20H24N2O4S.C14H12N2O4S.C13H19N.C6H10/c1-14-9-10-20(19(11-14)22(23)24)27(25,26)21-13-16(3)15(2)12-18(21)17-7-5-4-6-8-17;1-11-7-8-14(13(9-11)16(17)18)21(19,20)15-10-12-5-3-2-4-6-12;1-10-8-13(14-9-11(10)2)12-6-4-3-5-7-12;1-5(2)6(3)4/h4-11,15-16,18H,12-13H2,1-3H3;2-10H,1H3;3-7,10-11,13-14H,8-9H2,1-2H3;1,3H2,2,4H3. The Morgan fingerprint density at radius 1 is 0.647 bits per heavy atom. The third-order valence-corrected chi connectivity index (χ3v) is 15.6. The first kappa shape index (κ1) is 54.5. The molecular formula is C53H65N5O8S2. The molecule has 2 aliphatic heterocycles. The third kappa shape index (κ3) is 15.2. The number of nitrogens with zero attached hydrogens (tertiary/aromatic N) is 4. The van der Waals surface area contributed by atoms with E-state index in [2.05, 4.69) is 74.0 Å².